The van der Waals surface area contributed by atoms with Crippen LogP contribution in [0, 0.1) is 0 Å². The average Bonchev–Trinajstić information content (AvgIpc) is 3.21. The number of thiazole rings is 1. The number of benzene rings is 1. The first-order valence-electron chi connectivity index (χ1n) is 6.92. The predicted molar refractivity (Wildman–Crippen MR) is 82.7 cm³/mol. The van der Waals surface area contributed by atoms with E-state index in [2.05, 4.69) is 33.9 Å². The van der Waals surface area contributed by atoms with Crippen molar-refractivity contribution < 1.29 is 0 Å². The molecule has 0 radical (unpaired) electrons. The van der Waals surface area contributed by atoms with Crippen molar-refractivity contribution in [3.05, 3.63) is 47.5 Å². The van der Waals surface area contributed by atoms with Crippen molar-refractivity contribution in [2.75, 3.05) is 0 Å². The zero-order valence-corrected chi connectivity index (χ0v) is 11.9. The third kappa shape index (κ3) is 2.44. The summed E-state index contributed by atoms with van der Waals surface area (Å²) < 4.78 is 0. The molecule has 0 atom stereocenters. The quantitative estimate of drug-likeness (QED) is 0.794. The van der Waals surface area contributed by atoms with E-state index in [0.717, 1.165) is 34.5 Å². The van der Waals surface area contributed by atoms with Gasteiger partial charge in [0.2, 0.25) is 0 Å². The molecule has 100 valence electrons. The number of hydrogen-bond acceptors (Lipinski definition) is 4. The van der Waals surface area contributed by atoms with Gasteiger partial charge >= 0.3 is 0 Å². The van der Waals surface area contributed by atoms with E-state index in [1.165, 1.54) is 18.2 Å². The molecule has 0 spiro atoms. The molecular weight excluding hydrogens is 266 g/mol. The molecule has 0 unspecified atom stereocenters. The minimum atomic E-state index is 0.721. The van der Waals surface area contributed by atoms with Gasteiger partial charge in [-0.1, -0.05) is 24.3 Å². The Morgan fingerprint density at radius 1 is 1.10 bits per heavy atom. The van der Waals surface area contributed by atoms with Crippen LogP contribution in [-0.4, -0.2) is 16.0 Å². The lowest BCUT2D eigenvalue weighted by Crippen LogP contribution is -2.15. The summed E-state index contributed by atoms with van der Waals surface area (Å²) in [7, 11) is 0. The summed E-state index contributed by atoms with van der Waals surface area (Å²) in [5.41, 5.74) is 3.11. The van der Waals surface area contributed by atoms with Crippen LogP contribution in [0.1, 0.15) is 18.5 Å². The van der Waals surface area contributed by atoms with Gasteiger partial charge in [0, 0.05) is 23.4 Å². The number of aromatic nitrogens is 2. The van der Waals surface area contributed by atoms with Crippen LogP contribution < -0.4 is 5.32 Å². The number of pyridine rings is 1. The van der Waals surface area contributed by atoms with Gasteiger partial charge in [0.1, 0.15) is 5.01 Å². The highest BCUT2D eigenvalue weighted by atomic mass is 32.1. The van der Waals surface area contributed by atoms with Gasteiger partial charge in [-0.25, -0.2) is 9.97 Å². The molecule has 3 nitrogen and oxygen atoms in total. The number of nitrogens with one attached hydrogen (secondary N) is 1. The van der Waals surface area contributed by atoms with E-state index < -0.39 is 0 Å². The fraction of sp³-hybridized carbons (Fsp3) is 0.250. The molecule has 0 aliphatic heterocycles. The van der Waals surface area contributed by atoms with E-state index >= 15 is 0 Å². The highest BCUT2D eigenvalue weighted by molar-refractivity contribution is 7.13. The maximum absolute atomic E-state index is 4.69. The number of fused-ring (bicyclic) bond motifs is 1. The lowest BCUT2D eigenvalue weighted by atomic mass is 10.2. The predicted octanol–water partition coefficient (Wildman–Crippen LogP) is 3.61. The van der Waals surface area contributed by atoms with Crippen LogP contribution in [0.4, 0.5) is 0 Å². The molecule has 0 saturated heterocycles. The lowest BCUT2D eigenvalue weighted by Gasteiger charge is -2.00. The fourth-order valence-electron chi connectivity index (χ4n) is 2.23. The summed E-state index contributed by atoms with van der Waals surface area (Å²) in [5, 5.41) is 7.79. The van der Waals surface area contributed by atoms with E-state index in [-0.39, 0.29) is 0 Å². The summed E-state index contributed by atoms with van der Waals surface area (Å²) in [6, 6.07) is 13.1. The largest absolute Gasteiger partial charge is 0.308 e. The molecule has 4 rings (SSSR count). The Balaban J connectivity index is 1.60. The van der Waals surface area contributed by atoms with Gasteiger partial charge in [0.05, 0.1) is 16.9 Å². The van der Waals surface area contributed by atoms with Crippen LogP contribution in [0.5, 0.6) is 0 Å². The summed E-state index contributed by atoms with van der Waals surface area (Å²) in [4.78, 5) is 9.37. The minimum Gasteiger partial charge on any atom is -0.308 e. The molecule has 0 amide bonds. The second kappa shape index (κ2) is 4.96. The summed E-state index contributed by atoms with van der Waals surface area (Å²) in [5.74, 6) is 0. The molecule has 1 aliphatic carbocycles. The second-order valence-corrected chi connectivity index (χ2v) is 6.05. The minimum absolute atomic E-state index is 0.721. The van der Waals surface area contributed by atoms with Gasteiger partial charge in [-0.3, -0.25) is 0 Å². The first-order chi connectivity index (χ1) is 9.88. The number of rotatable bonds is 4. The normalized spacial score (nSPS) is 14.8. The molecule has 4 heteroatoms. The van der Waals surface area contributed by atoms with E-state index in [9.17, 15) is 0 Å². The van der Waals surface area contributed by atoms with Crippen LogP contribution in [0.15, 0.2) is 41.8 Å². The summed E-state index contributed by atoms with van der Waals surface area (Å²) >= 11 is 1.67. The Morgan fingerprint density at radius 2 is 2.00 bits per heavy atom. The molecule has 0 bridgehead atoms. The zero-order valence-electron chi connectivity index (χ0n) is 11.0. The third-order valence-corrected chi connectivity index (χ3v) is 4.43. The standard InChI is InChI=1S/C16H15N3S/c1-2-4-14-11(3-1)5-8-15(19-14)16-18-13(10-20-16)9-17-12-6-7-12/h1-5,8,10,12,17H,6-7,9H2. The van der Waals surface area contributed by atoms with Crippen molar-refractivity contribution >= 4 is 22.2 Å². The molecule has 2 heterocycles. The van der Waals surface area contributed by atoms with Gasteiger partial charge in [-0.2, -0.15) is 0 Å². The smallest absolute Gasteiger partial charge is 0.142 e. The van der Waals surface area contributed by atoms with Crippen molar-refractivity contribution in [1.29, 1.82) is 0 Å². The van der Waals surface area contributed by atoms with E-state index in [0.29, 0.717) is 0 Å². The van der Waals surface area contributed by atoms with Crippen LogP contribution in [0.3, 0.4) is 0 Å². The van der Waals surface area contributed by atoms with E-state index in [4.69, 9.17) is 4.98 Å². The second-order valence-electron chi connectivity index (χ2n) is 5.19. The van der Waals surface area contributed by atoms with Crippen molar-refractivity contribution in [1.82, 2.24) is 15.3 Å². The summed E-state index contributed by atoms with van der Waals surface area (Å²) in [6.45, 7) is 0.870. The van der Waals surface area contributed by atoms with Crippen molar-refractivity contribution in [3.8, 4) is 10.7 Å². The van der Waals surface area contributed by atoms with Gasteiger partial charge in [-0.05, 0) is 25.0 Å². The summed E-state index contributed by atoms with van der Waals surface area (Å²) in [6.07, 6.45) is 2.62. The van der Waals surface area contributed by atoms with Crippen molar-refractivity contribution in [3.63, 3.8) is 0 Å². The number of nitrogens with zero attached hydrogens (tertiary/aromatic N) is 2. The third-order valence-electron chi connectivity index (χ3n) is 3.52. The topological polar surface area (TPSA) is 37.8 Å². The highest BCUT2D eigenvalue weighted by Gasteiger charge is 2.20. The SMILES string of the molecule is c1ccc2nc(-c3nc(CNC4CC4)cs3)ccc2c1. The van der Waals surface area contributed by atoms with Gasteiger partial charge in [0.25, 0.3) is 0 Å². The first-order valence-corrected chi connectivity index (χ1v) is 7.80. The highest BCUT2D eigenvalue weighted by Crippen LogP contribution is 2.25. The Hall–Kier alpha value is -1.78. The molecule has 3 aromatic rings. The van der Waals surface area contributed by atoms with Gasteiger partial charge in [0.15, 0.2) is 0 Å². The molecular formula is C16H15N3S. The molecule has 1 N–H and O–H groups in total. The van der Waals surface area contributed by atoms with Crippen LogP contribution in [0.25, 0.3) is 21.6 Å². The molecule has 2 aromatic heterocycles. The van der Waals surface area contributed by atoms with Crippen LogP contribution in [0.2, 0.25) is 0 Å². The number of hydrogen-bond donors (Lipinski definition) is 1. The average molecular weight is 281 g/mol. The Morgan fingerprint density at radius 3 is 2.90 bits per heavy atom. The van der Waals surface area contributed by atoms with Gasteiger partial charge in [-0.15, -0.1) is 11.3 Å². The zero-order chi connectivity index (χ0) is 13.4. The molecule has 20 heavy (non-hydrogen) atoms. The number of para-hydroxylation sites is 1. The van der Waals surface area contributed by atoms with Crippen LogP contribution >= 0.6 is 11.3 Å². The monoisotopic (exact) mass is 281 g/mol. The maximum atomic E-state index is 4.69. The molecule has 1 aromatic carbocycles. The van der Waals surface area contributed by atoms with Gasteiger partial charge < -0.3 is 5.32 Å². The van der Waals surface area contributed by atoms with Crippen molar-refractivity contribution in [2.45, 2.75) is 25.4 Å². The molecule has 1 fully saturated rings. The Bertz CT molecular complexity index is 746. The maximum Gasteiger partial charge on any atom is 0.142 e. The Labute approximate surface area is 121 Å². The Kier molecular flexibility index (Phi) is 2.98. The molecule has 1 aliphatic rings. The van der Waals surface area contributed by atoms with Crippen LogP contribution in [-0.2, 0) is 6.54 Å². The lowest BCUT2D eigenvalue weighted by molar-refractivity contribution is 0.678. The fourth-order valence-corrected chi connectivity index (χ4v) is 3.02. The van der Waals surface area contributed by atoms with E-state index in [1.807, 2.05) is 18.2 Å². The molecule has 1 saturated carbocycles. The van der Waals surface area contributed by atoms with Crippen molar-refractivity contribution in [2.24, 2.45) is 0 Å². The first kappa shape index (κ1) is 12.0. The van der Waals surface area contributed by atoms with E-state index in [1.54, 1.807) is 11.3 Å².